The van der Waals surface area contributed by atoms with E-state index < -0.39 is 37.3 Å². The molecule has 2 aromatic rings. The molecule has 11 heteroatoms. The van der Waals surface area contributed by atoms with E-state index in [2.05, 4.69) is 0 Å². The van der Waals surface area contributed by atoms with Crippen molar-refractivity contribution in [3.05, 3.63) is 54.1 Å². The van der Waals surface area contributed by atoms with Crippen molar-refractivity contribution in [1.29, 1.82) is 0 Å². The van der Waals surface area contributed by atoms with Crippen LogP contribution in [-0.2, 0) is 4.74 Å². The van der Waals surface area contributed by atoms with Crippen LogP contribution < -0.4 is 4.74 Å². The van der Waals surface area contributed by atoms with Crippen LogP contribution in [0.4, 0.5) is 0 Å². The summed E-state index contributed by atoms with van der Waals surface area (Å²) in [4.78, 5) is 1.84. The largest absolute Gasteiger partial charge is 0.461 e. The Balaban J connectivity index is 0. The van der Waals surface area contributed by atoms with Crippen molar-refractivity contribution in [2.24, 2.45) is 0 Å². The van der Waals surface area contributed by atoms with Gasteiger partial charge in [0.15, 0.2) is 0 Å². The summed E-state index contributed by atoms with van der Waals surface area (Å²) in [7, 11) is 0. The summed E-state index contributed by atoms with van der Waals surface area (Å²) in [5, 5.41) is 39.2. The molecule has 2 aromatic carbocycles. The van der Waals surface area contributed by atoms with Crippen LogP contribution in [0.15, 0.2) is 58.3 Å². The third kappa shape index (κ3) is 10.3. The molecule has 0 spiro atoms. The zero-order valence-corrected chi connectivity index (χ0v) is 36.3. The van der Waals surface area contributed by atoms with Crippen LogP contribution in [-0.4, -0.2) is 57.7 Å². The third-order valence-electron chi connectivity index (χ3n) is 4.19. The third-order valence-corrected chi connectivity index (χ3v) is 5.25. The van der Waals surface area contributed by atoms with E-state index in [-0.39, 0.29) is 176 Å². The summed E-state index contributed by atoms with van der Waals surface area (Å²) in [6, 6.07) is 15.3. The molecule has 4 radical (unpaired) electrons. The fourth-order valence-corrected chi connectivity index (χ4v) is 3.54. The predicted molar refractivity (Wildman–Crippen MR) is 96.1 cm³/mol. The second kappa shape index (κ2) is 18.4. The molecule has 1 aliphatic heterocycles. The molecule has 1 fully saturated rings. The fourth-order valence-electron chi connectivity index (χ4n) is 2.65. The summed E-state index contributed by atoms with van der Waals surface area (Å²) >= 11 is 1.50. The van der Waals surface area contributed by atoms with Crippen molar-refractivity contribution in [2.45, 2.75) is 47.4 Å². The van der Waals surface area contributed by atoms with Gasteiger partial charge in [0.1, 0.15) is 30.2 Å². The maximum atomic E-state index is 10.1. The summed E-state index contributed by atoms with van der Waals surface area (Å²) in [5.74, 6) is 0.474. The van der Waals surface area contributed by atoms with Crippen LogP contribution in [0.5, 0.6) is 5.75 Å². The number of aliphatic hydroxyl groups excluding tert-OH is 4. The average Bonchev–Trinajstić information content (AvgIpc) is 2.65. The van der Waals surface area contributed by atoms with E-state index in [4.69, 9.17) is 9.47 Å². The van der Waals surface area contributed by atoms with Crippen molar-refractivity contribution in [3.8, 4) is 5.75 Å². The molecule has 152 valence electrons. The molecular weight excluding hydrogens is 1260 g/mol. The molecule has 0 aromatic heterocycles. The zero-order chi connectivity index (χ0) is 18.7. The fraction of sp³-hybridized carbons (Fsp3) is 0.368. The number of hydrogen-bond donors (Lipinski definition) is 4. The molecule has 3 rings (SSSR count). The number of ether oxygens (including phenoxy) is 2. The first kappa shape index (κ1) is 36.3. The van der Waals surface area contributed by atoms with Gasteiger partial charge in [-0.25, -0.2) is 0 Å². The van der Waals surface area contributed by atoms with Crippen molar-refractivity contribution in [3.63, 3.8) is 0 Å². The van der Waals surface area contributed by atoms with Crippen LogP contribution in [0, 0.1) is 183 Å². The van der Waals surface area contributed by atoms with Crippen LogP contribution in [0.2, 0.25) is 0 Å². The van der Waals surface area contributed by atoms with Gasteiger partial charge >= 0.3 is 0 Å². The van der Waals surface area contributed by atoms with Gasteiger partial charge in [-0.3, -0.25) is 0 Å². The smallest absolute Gasteiger partial charge is 0.229 e. The SMILES string of the molecule is Cc1ccc(Sc2ccccc2OC2O[C@H](CO)C(O)C(O)C2O)cc1.[Ac].[Ac].[Ac].[Ac]. The predicted octanol–water partition coefficient (Wildman–Crippen LogP) is 1.32. The maximum absolute atomic E-state index is 10.1. The second-order valence-corrected chi connectivity index (χ2v) is 7.29. The van der Waals surface area contributed by atoms with Crippen molar-refractivity contribution in [1.82, 2.24) is 0 Å². The summed E-state index contributed by atoms with van der Waals surface area (Å²) in [6.45, 7) is 1.52. The Morgan fingerprint density at radius 1 is 0.867 bits per heavy atom. The number of benzene rings is 2. The average molecular weight is 1290 g/mol. The minimum Gasteiger partial charge on any atom is -0.461 e. The van der Waals surface area contributed by atoms with Crippen molar-refractivity contribution >= 4 is 11.8 Å². The van der Waals surface area contributed by atoms with Crippen molar-refractivity contribution in [2.75, 3.05) is 6.61 Å². The van der Waals surface area contributed by atoms with Gasteiger partial charge in [0.25, 0.3) is 0 Å². The minimum atomic E-state index is -1.47. The molecule has 4 unspecified atom stereocenters. The molecule has 0 saturated carbocycles. The summed E-state index contributed by atoms with van der Waals surface area (Å²) in [6.07, 6.45) is -6.53. The number of aryl methyl sites for hydroxylation is 1. The van der Waals surface area contributed by atoms with Crippen molar-refractivity contribution < 1.29 is 206 Å². The zero-order valence-electron chi connectivity index (χ0n) is 16.5. The molecule has 4 N–H and O–H groups in total. The topological polar surface area (TPSA) is 99.4 Å². The Kier molecular flexibility index (Phi) is 22.3. The van der Waals surface area contributed by atoms with E-state index in [0.717, 1.165) is 9.79 Å². The Morgan fingerprint density at radius 3 is 2.07 bits per heavy atom. The number of rotatable bonds is 5. The molecule has 1 aliphatic rings. The Hall–Kier alpha value is 4.16. The number of para-hydroxylation sites is 1. The van der Waals surface area contributed by atoms with Gasteiger partial charge in [0.2, 0.25) is 6.29 Å². The molecule has 1 heterocycles. The first-order valence-corrected chi connectivity index (χ1v) is 9.12. The summed E-state index contributed by atoms with van der Waals surface area (Å²) < 4.78 is 11.2. The van der Waals surface area contributed by atoms with Crippen LogP contribution in [0.1, 0.15) is 5.56 Å². The first-order chi connectivity index (χ1) is 12.5. The van der Waals surface area contributed by atoms with Gasteiger partial charge in [-0.1, -0.05) is 41.6 Å². The maximum Gasteiger partial charge on any atom is 0.229 e. The molecule has 0 amide bonds. The van der Waals surface area contributed by atoms with Gasteiger partial charge < -0.3 is 29.9 Å². The summed E-state index contributed by atoms with van der Waals surface area (Å²) in [5.41, 5.74) is 1.17. The van der Waals surface area contributed by atoms with E-state index in [1.54, 1.807) is 12.1 Å². The van der Waals surface area contributed by atoms with Gasteiger partial charge in [-0.15, -0.1) is 0 Å². The van der Waals surface area contributed by atoms with E-state index in [9.17, 15) is 20.4 Å². The number of hydrogen-bond acceptors (Lipinski definition) is 7. The van der Waals surface area contributed by atoms with Gasteiger partial charge in [-0.2, -0.15) is 0 Å². The monoisotopic (exact) mass is 1290 g/mol. The molecule has 1 saturated heterocycles. The molecule has 30 heavy (non-hydrogen) atoms. The minimum absolute atomic E-state index is 0. The Labute approximate surface area is 324 Å². The van der Waals surface area contributed by atoms with E-state index in [1.807, 2.05) is 43.3 Å². The molecule has 0 aliphatic carbocycles. The number of aliphatic hydroxyl groups is 4. The van der Waals surface area contributed by atoms with Crippen LogP contribution >= 0.6 is 11.8 Å². The van der Waals surface area contributed by atoms with E-state index >= 15 is 0 Å². The van der Waals surface area contributed by atoms with Gasteiger partial charge in [-0.05, 0) is 31.2 Å². The van der Waals surface area contributed by atoms with Crippen LogP contribution in [0.25, 0.3) is 0 Å². The molecule has 0 bridgehead atoms. The normalized spacial score (nSPS) is 24.9. The van der Waals surface area contributed by atoms with E-state index in [1.165, 1.54) is 17.3 Å². The molecule has 6 nitrogen and oxygen atoms in total. The molecule has 5 atom stereocenters. The second-order valence-electron chi connectivity index (χ2n) is 6.18. The van der Waals surface area contributed by atoms with Gasteiger partial charge in [0.05, 0.1) is 11.5 Å². The Bertz CT molecular complexity index is 737. The molecular formula is C19H22Ac4O6S. The first-order valence-electron chi connectivity index (χ1n) is 8.30. The Morgan fingerprint density at radius 2 is 1.47 bits per heavy atom. The van der Waals surface area contributed by atoms with Crippen LogP contribution in [0.3, 0.4) is 0 Å². The van der Waals surface area contributed by atoms with E-state index in [0.29, 0.717) is 5.75 Å². The van der Waals surface area contributed by atoms with Gasteiger partial charge in [0, 0.05) is 181 Å². The standard InChI is InChI=1S/C19H22O6S.4Ac/c1-11-6-8-12(9-7-11)26-15-5-3-2-4-13(15)24-19-18(23)17(22)16(21)14(10-20)25-19;;;;/h2-9,14,16-23H,10H2,1H3;;;;/t14-,16?,17?,18?,19?;;;;/m1..../s1. The quantitative estimate of drug-likeness (QED) is 0.359.